The summed E-state index contributed by atoms with van der Waals surface area (Å²) in [5.74, 6) is 0.0282. The molecule has 0 amide bonds. The molecule has 0 aromatic carbocycles. The van der Waals surface area contributed by atoms with Crippen LogP contribution in [0.4, 0.5) is 0 Å². The van der Waals surface area contributed by atoms with E-state index in [0.717, 1.165) is 37.8 Å². The molecular weight excluding hydrogens is 250 g/mol. The Morgan fingerprint density at radius 2 is 1.30 bits per heavy atom. The summed E-state index contributed by atoms with van der Waals surface area (Å²) in [6.45, 7) is 0. The maximum absolute atomic E-state index is 11.7. The van der Waals surface area contributed by atoms with E-state index in [1.54, 1.807) is 0 Å². The largest absolute Gasteiger partial charge is 0.338 e. The van der Waals surface area contributed by atoms with Crippen molar-refractivity contribution in [1.82, 2.24) is 0 Å². The summed E-state index contributed by atoms with van der Waals surface area (Å²) < 4.78 is 0. The molecule has 2 rings (SSSR count). The van der Waals surface area contributed by atoms with Gasteiger partial charge in [-0.3, -0.25) is 0 Å². The van der Waals surface area contributed by atoms with Gasteiger partial charge in [-0.25, -0.2) is 4.79 Å². The molecule has 0 N–H and O–H groups in total. The molecule has 2 saturated carbocycles. The fourth-order valence-corrected chi connectivity index (χ4v) is 2.94. The van der Waals surface area contributed by atoms with Gasteiger partial charge < -0.3 is 4.84 Å². The molecule has 0 saturated heterocycles. The van der Waals surface area contributed by atoms with Crippen LogP contribution in [0, 0.1) is 5.92 Å². The minimum Gasteiger partial charge on any atom is -0.318 e. The summed E-state index contributed by atoms with van der Waals surface area (Å²) in [4.78, 5) is 16.9. The van der Waals surface area contributed by atoms with Gasteiger partial charge in [0.1, 0.15) is 0 Å². The van der Waals surface area contributed by atoms with Crippen molar-refractivity contribution >= 4 is 11.7 Å². The van der Waals surface area contributed by atoms with Gasteiger partial charge in [0.15, 0.2) is 0 Å². The average Bonchev–Trinajstić information content (AvgIpc) is 2.36. The second-order valence-electron chi connectivity index (χ2n) is 6.38. The molecule has 0 unspecified atom stereocenters. The van der Waals surface area contributed by atoms with E-state index < -0.39 is 0 Å². The molecule has 3 nitrogen and oxygen atoms in total. The van der Waals surface area contributed by atoms with Crippen LogP contribution in [0.25, 0.3) is 0 Å². The van der Waals surface area contributed by atoms with Crippen molar-refractivity contribution in [2.45, 2.75) is 89.9 Å². The number of nitrogens with zero attached hydrogens (tertiary/aromatic N) is 1. The lowest BCUT2D eigenvalue weighted by Gasteiger charge is -2.21. The molecule has 3 heteroatoms. The standard InChI is InChI=1S/C17H29NO2/c19-17(15-11-10-12-15)20-18-16-13-8-6-4-2-1-3-5-7-9-14-16/h15H,1-14H2. The van der Waals surface area contributed by atoms with Crippen LogP contribution in [0.5, 0.6) is 0 Å². The topological polar surface area (TPSA) is 38.7 Å². The van der Waals surface area contributed by atoms with Crippen LogP contribution in [-0.4, -0.2) is 11.7 Å². The van der Waals surface area contributed by atoms with Crippen LogP contribution in [0.15, 0.2) is 5.16 Å². The lowest BCUT2D eigenvalue weighted by Crippen LogP contribution is -2.23. The molecule has 114 valence electrons. The molecule has 20 heavy (non-hydrogen) atoms. The summed E-state index contributed by atoms with van der Waals surface area (Å²) in [5, 5.41) is 4.18. The first kappa shape index (κ1) is 15.5. The van der Waals surface area contributed by atoms with Crippen molar-refractivity contribution in [1.29, 1.82) is 0 Å². The molecule has 0 aliphatic heterocycles. The number of rotatable bonds is 2. The molecular formula is C17H29NO2. The Morgan fingerprint density at radius 1 is 0.800 bits per heavy atom. The number of hydrogen-bond donors (Lipinski definition) is 0. The second kappa shape index (κ2) is 9.15. The zero-order valence-corrected chi connectivity index (χ0v) is 12.7. The summed E-state index contributed by atoms with van der Waals surface area (Å²) in [5.41, 5.74) is 1.11. The van der Waals surface area contributed by atoms with Crippen LogP contribution < -0.4 is 0 Å². The third kappa shape index (κ3) is 5.64. The molecule has 2 aliphatic rings. The third-order valence-corrected chi connectivity index (χ3v) is 4.63. The van der Waals surface area contributed by atoms with Gasteiger partial charge in [0.2, 0.25) is 0 Å². The Bertz CT molecular complexity index is 307. The fraction of sp³-hybridized carbons (Fsp3) is 0.882. The zero-order chi connectivity index (χ0) is 14.0. The average molecular weight is 279 g/mol. The Hall–Kier alpha value is -0.860. The molecule has 0 aromatic rings. The van der Waals surface area contributed by atoms with E-state index in [9.17, 15) is 4.79 Å². The number of carbonyl (C=O) groups excluding carboxylic acids is 1. The van der Waals surface area contributed by atoms with Gasteiger partial charge in [-0.05, 0) is 38.5 Å². The van der Waals surface area contributed by atoms with E-state index in [4.69, 9.17) is 4.84 Å². The van der Waals surface area contributed by atoms with Crippen molar-refractivity contribution in [2.75, 3.05) is 0 Å². The van der Waals surface area contributed by atoms with Crippen molar-refractivity contribution in [3.8, 4) is 0 Å². The van der Waals surface area contributed by atoms with E-state index in [1.807, 2.05) is 0 Å². The highest BCUT2D eigenvalue weighted by atomic mass is 16.7. The van der Waals surface area contributed by atoms with Gasteiger partial charge >= 0.3 is 5.97 Å². The first-order valence-electron chi connectivity index (χ1n) is 8.63. The van der Waals surface area contributed by atoms with Gasteiger partial charge in [0, 0.05) is 0 Å². The first-order chi connectivity index (χ1) is 9.86. The molecule has 0 bridgehead atoms. The van der Waals surface area contributed by atoms with E-state index in [0.29, 0.717) is 0 Å². The number of oxime groups is 1. The summed E-state index contributed by atoms with van der Waals surface area (Å²) in [6, 6.07) is 0. The molecule has 0 aromatic heterocycles. The Balaban J connectivity index is 1.76. The lowest BCUT2D eigenvalue weighted by atomic mass is 9.86. The summed E-state index contributed by atoms with van der Waals surface area (Å²) in [6.07, 6.45) is 17.0. The monoisotopic (exact) mass is 279 g/mol. The predicted molar refractivity (Wildman–Crippen MR) is 81.7 cm³/mol. The van der Waals surface area contributed by atoms with Gasteiger partial charge in [0.05, 0.1) is 11.6 Å². The highest BCUT2D eigenvalue weighted by Gasteiger charge is 2.27. The molecule has 2 fully saturated rings. The highest BCUT2D eigenvalue weighted by Crippen LogP contribution is 2.27. The van der Waals surface area contributed by atoms with E-state index in [1.165, 1.54) is 57.8 Å². The maximum Gasteiger partial charge on any atom is 0.338 e. The molecule has 0 heterocycles. The normalized spacial score (nSPS) is 23.1. The number of hydrogen-bond acceptors (Lipinski definition) is 3. The van der Waals surface area contributed by atoms with Gasteiger partial charge in [0.25, 0.3) is 0 Å². The van der Waals surface area contributed by atoms with Gasteiger partial charge in [-0.2, -0.15) is 0 Å². The molecule has 2 aliphatic carbocycles. The Labute approximate surface area is 123 Å². The minimum absolute atomic E-state index is 0.102. The Kier molecular flexibility index (Phi) is 7.10. The number of carbonyl (C=O) groups is 1. The zero-order valence-electron chi connectivity index (χ0n) is 12.7. The van der Waals surface area contributed by atoms with Crippen LogP contribution >= 0.6 is 0 Å². The smallest absolute Gasteiger partial charge is 0.318 e. The van der Waals surface area contributed by atoms with Crippen molar-refractivity contribution < 1.29 is 9.63 Å². The third-order valence-electron chi connectivity index (χ3n) is 4.63. The summed E-state index contributed by atoms with van der Waals surface area (Å²) in [7, 11) is 0. The lowest BCUT2D eigenvalue weighted by molar-refractivity contribution is -0.151. The quantitative estimate of drug-likeness (QED) is 0.527. The van der Waals surface area contributed by atoms with Crippen molar-refractivity contribution in [3.63, 3.8) is 0 Å². The minimum atomic E-state index is -0.102. The van der Waals surface area contributed by atoms with Gasteiger partial charge in [-0.15, -0.1) is 0 Å². The molecule has 0 atom stereocenters. The van der Waals surface area contributed by atoms with Crippen molar-refractivity contribution in [2.24, 2.45) is 11.1 Å². The molecule has 0 radical (unpaired) electrons. The predicted octanol–water partition coefficient (Wildman–Crippen LogP) is 4.99. The van der Waals surface area contributed by atoms with E-state index in [-0.39, 0.29) is 11.9 Å². The fourth-order valence-electron chi connectivity index (χ4n) is 2.94. The first-order valence-corrected chi connectivity index (χ1v) is 8.63. The van der Waals surface area contributed by atoms with Crippen molar-refractivity contribution in [3.05, 3.63) is 0 Å². The second-order valence-corrected chi connectivity index (χ2v) is 6.38. The highest BCUT2D eigenvalue weighted by molar-refractivity contribution is 5.85. The summed E-state index contributed by atoms with van der Waals surface area (Å²) >= 11 is 0. The molecule has 0 spiro atoms. The SMILES string of the molecule is O=C(ON=C1CCCCCCCCCCC1)C1CCC1. The van der Waals surface area contributed by atoms with E-state index >= 15 is 0 Å². The van der Waals surface area contributed by atoms with Gasteiger partial charge in [-0.1, -0.05) is 56.5 Å². The van der Waals surface area contributed by atoms with Crippen LogP contribution in [0.1, 0.15) is 89.9 Å². The Morgan fingerprint density at radius 3 is 1.75 bits per heavy atom. The van der Waals surface area contributed by atoms with E-state index in [2.05, 4.69) is 5.16 Å². The van der Waals surface area contributed by atoms with Crippen LogP contribution in [0.3, 0.4) is 0 Å². The van der Waals surface area contributed by atoms with Crippen LogP contribution in [0.2, 0.25) is 0 Å². The van der Waals surface area contributed by atoms with Crippen LogP contribution in [-0.2, 0) is 9.63 Å². The maximum atomic E-state index is 11.7.